The van der Waals surface area contributed by atoms with Crippen LogP contribution in [0.2, 0.25) is 0 Å². The number of rotatable bonds is 0. The second-order valence-corrected chi connectivity index (χ2v) is 2.21. The summed E-state index contributed by atoms with van der Waals surface area (Å²) >= 11 is 0. The molecular formula is C5H8N4O. The van der Waals surface area contributed by atoms with Gasteiger partial charge in [-0.25, -0.2) is 4.99 Å². The van der Waals surface area contributed by atoms with Crippen molar-refractivity contribution in [2.24, 2.45) is 4.99 Å². The summed E-state index contributed by atoms with van der Waals surface area (Å²) in [5.74, 6) is 1.40. The van der Waals surface area contributed by atoms with Crippen molar-refractivity contribution in [1.29, 1.82) is 0 Å². The topological polar surface area (TPSA) is 57.7 Å². The summed E-state index contributed by atoms with van der Waals surface area (Å²) in [6, 6.07) is 0. The molecule has 0 radical (unpaired) electrons. The van der Waals surface area contributed by atoms with Crippen LogP contribution in [0, 0.1) is 0 Å². The van der Waals surface area contributed by atoms with Gasteiger partial charge in [0.05, 0.1) is 6.54 Å². The summed E-state index contributed by atoms with van der Waals surface area (Å²) in [6.45, 7) is 2.72. The molecule has 10 heavy (non-hydrogen) atoms. The van der Waals surface area contributed by atoms with Crippen molar-refractivity contribution in [2.75, 3.05) is 6.54 Å². The minimum atomic E-state index is 0.587. The van der Waals surface area contributed by atoms with Crippen LogP contribution in [0.4, 0.5) is 0 Å². The smallest absolute Gasteiger partial charge is 0.282 e. The van der Waals surface area contributed by atoms with Crippen LogP contribution < -0.4 is 16.3 Å². The summed E-state index contributed by atoms with van der Waals surface area (Å²) in [7, 11) is 0. The predicted molar refractivity (Wildman–Crippen MR) is 35.5 cm³/mol. The van der Waals surface area contributed by atoms with Gasteiger partial charge in [-0.1, -0.05) is 5.59 Å². The second kappa shape index (κ2) is 1.88. The average molecular weight is 140 g/mol. The molecule has 54 valence electrons. The highest BCUT2D eigenvalue weighted by Crippen LogP contribution is 2.09. The van der Waals surface area contributed by atoms with E-state index in [0.29, 0.717) is 5.88 Å². The van der Waals surface area contributed by atoms with Crippen molar-refractivity contribution in [2.45, 2.75) is 6.92 Å². The molecule has 2 aliphatic heterocycles. The van der Waals surface area contributed by atoms with Crippen LogP contribution in [0.3, 0.4) is 0 Å². The third kappa shape index (κ3) is 0.714. The Morgan fingerprint density at radius 2 is 2.50 bits per heavy atom. The van der Waals surface area contributed by atoms with E-state index in [1.807, 2.05) is 6.92 Å². The van der Waals surface area contributed by atoms with Gasteiger partial charge in [0.15, 0.2) is 5.82 Å². The Hall–Kier alpha value is -1.23. The third-order valence-corrected chi connectivity index (χ3v) is 1.35. The van der Waals surface area contributed by atoms with E-state index < -0.39 is 0 Å². The van der Waals surface area contributed by atoms with E-state index in [2.05, 4.69) is 21.3 Å². The Kier molecular flexibility index (Phi) is 1.04. The van der Waals surface area contributed by atoms with E-state index in [1.54, 1.807) is 0 Å². The summed E-state index contributed by atoms with van der Waals surface area (Å²) in [5.41, 5.74) is 6.28. The molecule has 0 atom stereocenters. The van der Waals surface area contributed by atoms with Crippen molar-refractivity contribution in [3.05, 3.63) is 11.7 Å². The Bertz CT molecular complexity index is 220. The first-order valence-corrected chi connectivity index (χ1v) is 3.06. The van der Waals surface area contributed by atoms with Crippen LogP contribution in [0.25, 0.3) is 0 Å². The molecule has 2 heterocycles. The van der Waals surface area contributed by atoms with Crippen LogP contribution in [0.1, 0.15) is 6.92 Å². The summed E-state index contributed by atoms with van der Waals surface area (Å²) in [4.78, 5) is 9.03. The molecule has 0 bridgehead atoms. The molecule has 0 spiro atoms. The van der Waals surface area contributed by atoms with Gasteiger partial charge >= 0.3 is 0 Å². The fourth-order valence-corrected chi connectivity index (χ4v) is 0.857. The minimum absolute atomic E-state index is 0.587. The SMILES string of the molecule is CC1=NC2=C(NC1)NNO2. The fourth-order valence-electron chi connectivity index (χ4n) is 0.857. The number of nitrogens with zero attached hydrogens (tertiary/aromatic N) is 1. The van der Waals surface area contributed by atoms with E-state index in [4.69, 9.17) is 4.84 Å². The summed E-state index contributed by atoms with van der Waals surface area (Å²) < 4.78 is 0. The van der Waals surface area contributed by atoms with Crippen LogP contribution in [-0.4, -0.2) is 12.3 Å². The quantitative estimate of drug-likeness (QED) is 0.413. The average Bonchev–Trinajstić information content (AvgIpc) is 2.33. The van der Waals surface area contributed by atoms with Gasteiger partial charge in [-0.3, -0.25) is 5.43 Å². The van der Waals surface area contributed by atoms with E-state index >= 15 is 0 Å². The molecule has 2 rings (SSSR count). The first-order chi connectivity index (χ1) is 4.86. The number of nitrogens with one attached hydrogen (secondary N) is 3. The molecule has 3 N–H and O–H groups in total. The van der Waals surface area contributed by atoms with Gasteiger partial charge in [0.2, 0.25) is 0 Å². The van der Waals surface area contributed by atoms with Crippen molar-refractivity contribution >= 4 is 5.71 Å². The number of hydrogen-bond acceptors (Lipinski definition) is 5. The first kappa shape index (κ1) is 5.55. The Balaban J connectivity index is 2.29. The molecule has 0 saturated carbocycles. The molecule has 0 unspecified atom stereocenters. The van der Waals surface area contributed by atoms with Gasteiger partial charge in [-0.2, -0.15) is 0 Å². The van der Waals surface area contributed by atoms with E-state index in [-0.39, 0.29) is 0 Å². The molecule has 0 saturated heterocycles. The van der Waals surface area contributed by atoms with Crippen LogP contribution in [0.15, 0.2) is 16.7 Å². The summed E-state index contributed by atoms with van der Waals surface area (Å²) in [5, 5.41) is 3.08. The fraction of sp³-hybridized carbons (Fsp3) is 0.400. The molecule has 5 nitrogen and oxygen atoms in total. The molecule has 0 aromatic carbocycles. The lowest BCUT2D eigenvalue weighted by Crippen LogP contribution is -2.33. The van der Waals surface area contributed by atoms with E-state index in [0.717, 1.165) is 18.1 Å². The Labute approximate surface area is 58.1 Å². The van der Waals surface area contributed by atoms with Crippen molar-refractivity contribution in [1.82, 2.24) is 16.3 Å². The third-order valence-electron chi connectivity index (χ3n) is 1.35. The van der Waals surface area contributed by atoms with Crippen LogP contribution in [-0.2, 0) is 4.84 Å². The van der Waals surface area contributed by atoms with Gasteiger partial charge in [0.25, 0.3) is 5.88 Å². The van der Waals surface area contributed by atoms with Crippen molar-refractivity contribution in [3.8, 4) is 0 Å². The first-order valence-electron chi connectivity index (χ1n) is 3.06. The number of hydrazine groups is 1. The highest BCUT2D eigenvalue weighted by molar-refractivity contribution is 5.85. The maximum absolute atomic E-state index is 4.90. The molecule has 0 aromatic heterocycles. The Morgan fingerprint density at radius 3 is 3.40 bits per heavy atom. The molecule has 2 aliphatic rings. The molecule has 0 amide bonds. The van der Waals surface area contributed by atoms with Gasteiger partial charge in [-0.05, 0) is 6.92 Å². The standard InChI is InChI=1S/C5H8N4O/c1-3-2-6-4-5(7-3)10-9-8-4/h6,8-9H,2H2,1H3. The number of aliphatic imine (C=N–C) groups is 1. The Morgan fingerprint density at radius 1 is 1.60 bits per heavy atom. The lowest BCUT2D eigenvalue weighted by molar-refractivity contribution is 0.111. The molecule has 0 fully saturated rings. The monoisotopic (exact) mass is 140 g/mol. The second-order valence-electron chi connectivity index (χ2n) is 2.21. The zero-order valence-corrected chi connectivity index (χ0v) is 5.56. The van der Waals surface area contributed by atoms with Gasteiger partial charge in [0.1, 0.15) is 0 Å². The zero-order chi connectivity index (χ0) is 6.97. The zero-order valence-electron chi connectivity index (χ0n) is 5.56. The highest BCUT2D eigenvalue weighted by atomic mass is 16.7. The molecule has 5 heteroatoms. The number of hydrogen-bond donors (Lipinski definition) is 3. The van der Waals surface area contributed by atoms with E-state index in [1.165, 1.54) is 0 Å². The maximum atomic E-state index is 4.90. The van der Waals surface area contributed by atoms with Crippen LogP contribution in [0.5, 0.6) is 0 Å². The van der Waals surface area contributed by atoms with Crippen molar-refractivity contribution < 1.29 is 4.84 Å². The molecule has 0 aliphatic carbocycles. The predicted octanol–water partition coefficient (Wildman–Crippen LogP) is -0.784. The highest BCUT2D eigenvalue weighted by Gasteiger charge is 2.18. The van der Waals surface area contributed by atoms with Crippen LogP contribution >= 0.6 is 0 Å². The largest absolute Gasteiger partial charge is 0.365 e. The van der Waals surface area contributed by atoms with Crippen molar-refractivity contribution in [3.63, 3.8) is 0 Å². The lowest BCUT2D eigenvalue weighted by atomic mass is 10.4. The lowest BCUT2D eigenvalue weighted by Gasteiger charge is -2.09. The molecule has 0 aromatic rings. The van der Waals surface area contributed by atoms with E-state index in [9.17, 15) is 0 Å². The summed E-state index contributed by atoms with van der Waals surface area (Å²) in [6.07, 6.45) is 0. The normalized spacial score (nSPS) is 22.3. The van der Waals surface area contributed by atoms with Gasteiger partial charge < -0.3 is 10.2 Å². The minimum Gasteiger partial charge on any atom is -0.365 e. The van der Waals surface area contributed by atoms with Gasteiger partial charge in [-0.15, -0.1) is 0 Å². The van der Waals surface area contributed by atoms with Gasteiger partial charge in [0, 0.05) is 5.71 Å². The maximum Gasteiger partial charge on any atom is 0.282 e. The molecular weight excluding hydrogens is 132 g/mol.